The molecule has 19 heavy (non-hydrogen) atoms. The molecule has 96 valence electrons. The van der Waals surface area contributed by atoms with Crippen molar-refractivity contribution in [2.24, 2.45) is 0 Å². The van der Waals surface area contributed by atoms with Crippen molar-refractivity contribution < 1.29 is 4.74 Å². The molecular weight excluding hydrogens is 266 g/mol. The summed E-state index contributed by atoms with van der Waals surface area (Å²) in [6.45, 7) is 1.90. The third-order valence-electron chi connectivity index (χ3n) is 2.61. The number of aryl methyl sites for hydroxylation is 1. The van der Waals surface area contributed by atoms with Crippen molar-refractivity contribution in [3.63, 3.8) is 0 Å². The van der Waals surface area contributed by atoms with E-state index in [-0.39, 0.29) is 5.95 Å². The largest absolute Gasteiger partial charge is 0.437 e. The molecule has 0 unspecified atom stereocenters. The number of fused-ring (bicyclic) bond motifs is 1. The zero-order valence-corrected chi connectivity index (χ0v) is 10.8. The molecule has 0 saturated carbocycles. The van der Waals surface area contributed by atoms with Crippen LogP contribution in [0, 0.1) is 6.92 Å². The Labute approximate surface area is 113 Å². The minimum absolute atomic E-state index is 0.111. The number of aromatic nitrogens is 4. The van der Waals surface area contributed by atoms with Crippen molar-refractivity contribution in [3.05, 3.63) is 35.1 Å². The van der Waals surface area contributed by atoms with Gasteiger partial charge in [-0.3, -0.25) is 0 Å². The molecule has 3 rings (SSSR count). The molecule has 6 nitrogen and oxygen atoms in total. The highest BCUT2D eigenvalue weighted by molar-refractivity contribution is 6.31. The van der Waals surface area contributed by atoms with Gasteiger partial charge in [-0.25, -0.2) is 4.98 Å². The van der Waals surface area contributed by atoms with Gasteiger partial charge in [-0.15, -0.1) is 0 Å². The number of imidazole rings is 1. The summed E-state index contributed by atoms with van der Waals surface area (Å²) >= 11 is 5.97. The fourth-order valence-electron chi connectivity index (χ4n) is 1.69. The minimum Gasteiger partial charge on any atom is -0.437 e. The number of anilines is 1. The van der Waals surface area contributed by atoms with Crippen molar-refractivity contribution in [1.29, 1.82) is 0 Å². The van der Waals surface area contributed by atoms with Crippen molar-refractivity contribution in [3.8, 4) is 11.6 Å². The Morgan fingerprint density at radius 1 is 1.32 bits per heavy atom. The molecule has 0 bridgehead atoms. The zero-order chi connectivity index (χ0) is 13.4. The molecule has 0 radical (unpaired) electrons. The summed E-state index contributed by atoms with van der Waals surface area (Å²) in [6, 6.07) is 5.35. The van der Waals surface area contributed by atoms with Crippen LogP contribution in [-0.2, 0) is 0 Å². The Kier molecular flexibility index (Phi) is 2.72. The molecule has 0 atom stereocenters. The number of hydrogen-bond donors (Lipinski definition) is 2. The smallest absolute Gasteiger partial charge is 0.250 e. The van der Waals surface area contributed by atoms with Gasteiger partial charge in [-0.1, -0.05) is 11.6 Å². The second kappa shape index (κ2) is 4.40. The topological polar surface area (TPSA) is 89.7 Å². The molecule has 2 aromatic heterocycles. The first kappa shape index (κ1) is 11.7. The maximum atomic E-state index is 5.97. The third kappa shape index (κ3) is 2.17. The SMILES string of the molecule is Cc1cc(Oc2nc(N)nc3nc[nH]c23)ccc1Cl. The maximum Gasteiger partial charge on any atom is 0.250 e. The summed E-state index contributed by atoms with van der Waals surface area (Å²) in [5.41, 5.74) is 7.60. The lowest BCUT2D eigenvalue weighted by atomic mass is 10.2. The van der Waals surface area contributed by atoms with Crippen LogP contribution in [-0.4, -0.2) is 19.9 Å². The van der Waals surface area contributed by atoms with Crippen LogP contribution in [0.15, 0.2) is 24.5 Å². The lowest BCUT2D eigenvalue weighted by Gasteiger charge is -2.07. The van der Waals surface area contributed by atoms with Crippen LogP contribution in [0.2, 0.25) is 5.02 Å². The van der Waals surface area contributed by atoms with Gasteiger partial charge in [0.05, 0.1) is 6.33 Å². The molecule has 0 amide bonds. The van der Waals surface area contributed by atoms with Crippen LogP contribution in [0.1, 0.15) is 5.56 Å². The van der Waals surface area contributed by atoms with Crippen LogP contribution < -0.4 is 10.5 Å². The second-order valence-corrected chi connectivity index (χ2v) is 4.41. The predicted molar refractivity (Wildman–Crippen MR) is 72.4 cm³/mol. The molecule has 3 N–H and O–H groups in total. The molecular formula is C12H10ClN5O. The van der Waals surface area contributed by atoms with Crippen molar-refractivity contribution in [1.82, 2.24) is 19.9 Å². The number of halogens is 1. The maximum absolute atomic E-state index is 5.97. The van der Waals surface area contributed by atoms with Gasteiger partial charge >= 0.3 is 0 Å². The Hall–Kier alpha value is -2.34. The molecule has 0 aliphatic carbocycles. The Bertz CT molecular complexity index is 755. The number of rotatable bonds is 2. The number of nitrogen functional groups attached to an aromatic ring is 1. The van der Waals surface area contributed by atoms with Gasteiger partial charge < -0.3 is 15.5 Å². The van der Waals surface area contributed by atoms with E-state index in [1.54, 1.807) is 12.1 Å². The summed E-state index contributed by atoms with van der Waals surface area (Å²) < 4.78 is 5.71. The lowest BCUT2D eigenvalue weighted by Crippen LogP contribution is -1.98. The first-order valence-electron chi connectivity index (χ1n) is 5.54. The van der Waals surface area contributed by atoms with Gasteiger partial charge in [0.2, 0.25) is 5.95 Å². The summed E-state index contributed by atoms with van der Waals surface area (Å²) in [4.78, 5) is 15.0. The molecule has 0 fully saturated rings. The fraction of sp³-hybridized carbons (Fsp3) is 0.0833. The first-order chi connectivity index (χ1) is 9.13. The highest BCUT2D eigenvalue weighted by atomic mass is 35.5. The Morgan fingerprint density at radius 3 is 2.95 bits per heavy atom. The highest BCUT2D eigenvalue weighted by Crippen LogP contribution is 2.28. The molecule has 7 heteroatoms. The molecule has 3 aromatic rings. The molecule has 0 aliphatic rings. The van der Waals surface area contributed by atoms with Crippen LogP contribution in [0.25, 0.3) is 11.2 Å². The monoisotopic (exact) mass is 275 g/mol. The lowest BCUT2D eigenvalue weighted by molar-refractivity contribution is 0.468. The highest BCUT2D eigenvalue weighted by Gasteiger charge is 2.11. The van der Waals surface area contributed by atoms with Gasteiger partial charge in [-0.05, 0) is 30.7 Å². The van der Waals surface area contributed by atoms with E-state index in [1.165, 1.54) is 6.33 Å². The van der Waals surface area contributed by atoms with E-state index in [9.17, 15) is 0 Å². The van der Waals surface area contributed by atoms with Crippen molar-refractivity contribution in [2.75, 3.05) is 5.73 Å². The summed E-state index contributed by atoms with van der Waals surface area (Å²) in [6.07, 6.45) is 1.51. The third-order valence-corrected chi connectivity index (χ3v) is 3.04. The molecule has 0 spiro atoms. The second-order valence-electron chi connectivity index (χ2n) is 4.00. The average Bonchev–Trinajstić information content (AvgIpc) is 2.82. The van der Waals surface area contributed by atoms with Gasteiger partial charge in [0, 0.05) is 5.02 Å². The van der Waals surface area contributed by atoms with Gasteiger partial charge in [0.15, 0.2) is 5.65 Å². The van der Waals surface area contributed by atoms with Gasteiger partial charge in [-0.2, -0.15) is 9.97 Å². The summed E-state index contributed by atoms with van der Waals surface area (Å²) in [7, 11) is 0. The fourth-order valence-corrected chi connectivity index (χ4v) is 1.81. The molecule has 1 aromatic carbocycles. The number of aromatic amines is 1. The van der Waals surface area contributed by atoms with E-state index < -0.39 is 0 Å². The number of benzene rings is 1. The van der Waals surface area contributed by atoms with E-state index in [1.807, 2.05) is 13.0 Å². The van der Waals surface area contributed by atoms with E-state index >= 15 is 0 Å². The first-order valence-corrected chi connectivity index (χ1v) is 5.92. The van der Waals surface area contributed by atoms with E-state index in [0.29, 0.717) is 27.8 Å². The summed E-state index contributed by atoms with van der Waals surface area (Å²) in [5, 5.41) is 0.682. The van der Waals surface area contributed by atoms with Crippen LogP contribution in [0.5, 0.6) is 11.6 Å². The van der Waals surface area contributed by atoms with E-state index in [2.05, 4.69) is 19.9 Å². The number of ether oxygens (including phenoxy) is 1. The predicted octanol–water partition coefficient (Wildman–Crippen LogP) is 2.69. The van der Waals surface area contributed by atoms with Crippen molar-refractivity contribution >= 4 is 28.7 Å². The average molecular weight is 276 g/mol. The van der Waals surface area contributed by atoms with Crippen LogP contribution >= 0.6 is 11.6 Å². The molecule has 2 heterocycles. The molecule has 0 saturated heterocycles. The van der Waals surface area contributed by atoms with Gasteiger partial charge in [0.25, 0.3) is 5.88 Å². The number of H-pyrrole nitrogens is 1. The van der Waals surface area contributed by atoms with E-state index in [0.717, 1.165) is 5.56 Å². The number of nitrogens with zero attached hydrogens (tertiary/aromatic N) is 3. The Morgan fingerprint density at radius 2 is 2.16 bits per heavy atom. The minimum atomic E-state index is 0.111. The number of hydrogen-bond acceptors (Lipinski definition) is 5. The quantitative estimate of drug-likeness (QED) is 0.750. The van der Waals surface area contributed by atoms with Crippen LogP contribution in [0.4, 0.5) is 5.95 Å². The number of nitrogens with one attached hydrogen (secondary N) is 1. The van der Waals surface area contributed by atoms with Gasteiger partial charge in [0.1, 0.15) is 11.3 Å². The molecule has 0 aliphatic heterocycles. The zero-order valence-electron chi connectivity index (χ0n) is 10.0. The van der Waals surface area contributed by atoms with Crippen LogP contribution in [0.3, 0.4) is 0 Å². The normalized spacial score (nSPS) is 10.8. The number of nitrogens with two attached hydrogens (primary N) is 1. The Balaban J connectivity index is 2.04. The standard InChI is InChI=1S/C12H10ClN5O/c1-6-4-7(2-3-8(6)13)19-11-9-10(16-5-15-9)17-12(14)18-11/h2-5H,1H3,(H3,14,15,16,17,18). The van der Waals surface area contributed by atoms with Crippen molar-refractivity contribution in [2.45, 2.75) is 6.92 Å². The summed E-state index contributed by atoms with van der Waals surface area (Å²) in [5.74, 6) is 1.07. The van der Waals surface area contributed by atoms with E-state index in [4.69, 9.17) is 22.1 Å².